The van der Waals surface area contributed by atoms with Gasteiger partial charge in [0.15, 0.2) is 0 Å². The summed E-state index contributed by atoms with van der Waals surface area (Å²) in [6.07, 6.45) is 4.29. The SMILES string of the molecule is CCC(CC)C(NCc1cnc(C)[nH]1)c1ccccc1. The van der Waals surface area contributed by atoms with Gasteiger partial charge in [-0.05, 0) is 18.4 Å². The second-order valence-corrected chi connectivity index (χ2v) is 5.34. The molecule has 1 aromatic heterocycles. The third kappa shape index (κ3) is 3.70. The van der Waals surface area contributed by atoms with E-state index in [1.54, 1.807) is 0 Å². The van der Waals surface area contributed by atoms with E-state index < -0.39 is 0 Å². The smallest absolute Gasteiger partial charge is 0.103 e. The Morgan fingerprint density at radius 2 is 1.85 bits per heavy atom. The van der Waals surface area contributed by atoms with Gasteiger partial charge < -0.3 is 10.3 Å². The number of H-pyrrole nitrogens is 1. The number of rotatable bonds is 7. The molecule has 2 N–H and O–H groups in total. The van der Waals surface area contributed by atoms with Gasteiger partial charge in [-0.2, -0.15) is 0 Å². The lowest BCUT2D eigenvalue weighted by atomic mass is 9.89. The fraction of sp³-hybridized carbons (Fsp3) is 0.471. The second kappa shape index (κ2) is 7.25. The normalized spacial score (nSPS) is 12.8. The van der Waals surface area contributed by atoms with Crippen molar-refractivity contribution in [1.82, 2.24) is 15.3 Å². The summed E-state index contributed by atoms with van der Waals surface area (Å²) in [5, 5.41) is 3.70. The van der Waals surface area contributed by atoms with Gasteiger partial charge in [0, 0.05) is 24.5 Å². The molecule has 1 atom stereocenters. The van der Waals surface area contributed by atoms with Crippen LogP contribution in [0.4, 0.5) is 0 Å². The van der Waals surface area contributed by atoms with E-state index in [0.29, 0.717) is 12.0 Å². The topological polar surface area (TPSA) is 40.7 Å². The monoisotopic (exact) mass is 271 g/mol. The molecule has 0 fully saturated rings. The van der Waals surface area contributed by atoms with E-state index in [0.717, 1.165) is 18.1 Å². The minimum absolute atomic E-state index is 0.398. The van der Waals surface area contributed by atoms with E-state index in [9.17, 15) is 0 Å². The Bertz CT molecular complexity index is 500. The number of aromatic amines is 1. The van der Waals surface area contributed by atoms with Crippen molar-refractivity contribution in [3.63, 3.8) is 0 Å². The van der Waals surface area contributed by atoms with E-state index in [1.165, 1.54) is 18.4 Å². The van der Waals surface area contributed by atoms with E-state index >= 15 is 0 Å². The van der Waals surface area contributed by atoms with Crippen molar-refractivity contribution in [2.45, 2.75) is 46.2 Å². The number of hydrogen-bond acceptors (Lipinski definition) is 2. The van der Waals surface area contributed by atoms with Crippen LogP contribution in [0.15, 0.2) is 36.5 Å². The molecule has 20 heavy (non-hydrogen) atoms. The first kappa shape index (κ1) is 14.8. The maximum atomic E-state index is 4.26. The quantitative estimate of drug-likeness (QED) is 0.799. The summed E-state index contributed by atoms with van der Waals surface area (Å²) in [4.78, 5) is 7.54. The first-order valence-corrected chi connectivity index (χ1v) is 7.53. The lowest BCUT2D eigenvalue weighted by Crippen LogP contribution is -2.27. The molecule has 2 aromatic rings. The largest absolute Gasteiger partial charge is 0.345 e. The van der Waals surface area contributed by atoms with E-state index in [1.807, 2.05) is 13.1 Å². The zero-order chi connectivity index (χ0) is 14.4. The molecule has 0 amide bonds. The number of nitrogens with zero attached hydrogens (tertiary/aromatic N) is 1. The summed E-state index contributed by atoms with van der Waals surface area (Å²) in [6.45, 7) is 7.36. The van der Waals surface area contributed by atoms with Crippen LogP contribution in [0.25, 0.3) is 0 Å². The fourth-order valence-electron chi connectivity index (χ4n) is 2.76. The van der Waals surface area contributed by atoms with Gasteiger partial charge in [-0.15, -0.1) is 0 Å². The Morgan fingerprint density at radius 3 is 2.40 bits per heavy atom. The Balaban J connectivity index is 2.10. The van der Waals surface area contributed by atoms with Crippen LogP contribution in [-0.2, 0) is 6.54 Å². The first-order chi connectivity index (χ1) is 9.74. The molecule has 0 aliphatic rings. The molecule has 0 spiro atoms. The maximum absolute atomic E-state index is 4.26. The van der Waals surface area contributed by atoms with Gasteiger partial charge in [0.05, 0.1) is 0 Å². The molecule has 1 heterocycles. The highest BCUT2D eigenvalue weighted by Gasteiger charge is 2.19. The number of aromatic nitrogens is 2. The van der Waals surface area contributed by atoms with Crippen LogP contribution in [0.3, 0.4) is 0 Å². The van der Waals surface area contributed by atoms with Gasteiger partial charge in [0.2, 0.25) is 0 Å². The molecule has 1 aromatic carbocycles. The third-order valence-electron chi connectivity index (χ3n) is 3.95. The van der Waals surface area contributed by atoms with Crippen LogP contribution in [0.1, 0.15) is 49.8 Å². The standard InChI is InChI=1S/C17H25N3/c1-4-14(5-2)17(15-9-7-6-8-10-15)19-12-16-11-18-13(3)20-16/h6-11,14,17,19H,4-5,12H2,1-3H3,(H,18,20). The molecule has 3 heteroatoms. The summed E-state index contributed by atoms with van der Waals surface area (Å²) >= 11 is 0. The van der Waals surface area contributed by atoms with Crippen LogP contribution in [0, 0.1) is 12.8 Å². The molecule has 0 bridgehead atoms. The molecule has 0 aliphatic carbocycles. The van der Waals surface area contributed by atoms with Crippen molar-refractivity contribution >= 4 is 0 Å². The summed E-state index contributed by atoms with van der Waals surface area (Å²) in [6, 6.07) is 11.1. The van der Waals surface area contributed by atoms with Crippen molar-refractivity contribution in [3.8, 4) is 0 Å². The average molecular weight is 271 g/mol. The van der Waals surface area contributed by atoms with Crippen molar-refractivity contribution in [2.24, 2.45) is 5.92 Å². The van der Waals surface area contributed by atoms with E-state index in [-0.39, 0.29) is 0 Å². The average Bonchev–Trinajstić information content (AvgIpc) is 2.90. The highest BCUT2D eigenvalue weighted by Crippen LogP contribution is 2.27. The van der Waals surface area contributed by atoms with E-state index in [4.69, 9.17) is 0 Å². The number of benzene rings is 1. The summed E-state index contributed by atoms with van der Waals surface area (Å²) < 4.78 is 0. The van der Waals surface area contributed by atoms with Crippen molar-refractivity contribution < 1.29 is 0 Å². The van der Waals surface area contributed by atoms with Crippen LogP contribution < -0.4 is 5.32 Å². The molecule has 0 aliphatic heterocycles. The van der Waals surface area contributed by atoms with Crippen LogP contribution in [0.2, 0.25) is 0 Å². The minimum atomic E-state index is 0.398. The highest BCUT2D eigenvalue weighted by atomic mass is 15.0. The van der Waals surface area contributed by atoms with Crippen molar-refractivity contribution in [1.29, 1.82) is 0 Å². The van der Waals surface area contributed by atoms with Gasteiger partial charge in [-0.25, -0.2) is 4.98 Å². The predicted molar refractivity (Wildman–Crippen MR) is 83.4 cm³/mol. The van der Waals surface area contributed by atoms with Crippen molar-refractivity contribution in [2.75, 3.05) is 0 Å². The van der Waals surface area contributed by atoms with Gasteiger partial charge >= 0.3 is 0 Å². The molecule has 0 radical (unpaired) electrons. The summed E-state index contributed by atoms with van der Waals surface area (Å²) in [5.74, 6) is 1.63. The maximum Gasteiger partial charge on any atom is 0.103 e. The lowest BCUT2D eigenvalue weighted by molar-refractivity contribution is 0.338. The third-order valence-corrected chi connectivity index (χ3v) is 3.95. The molecule has 2 rings (SSSR count). The first-order valence-electron chi connectivity index (χ1n) is 7.53. The minimum Gasteiger partial charge on any atom is -0.345 e. The predicted octanol–water partition coefficient (Wildman–Crippen LogP) is 3.99. The van der Waals surface area contributed by atoms with Crippen LogP contribution in [-0.4, -0.2) is 9.97 Å². The van der Waals surface area contributed by atoms with Crippen LogP contribution in [0.5, 0.6) is 0 Å². The van der Waals surface area contributed by atoms with Crippen LogP contribution >= 0.6 is 0 Å². The molecule has 0 saturated carbocycles. The Labute approximate surface area is 121 Å². The molecular formula is C17H25N3. The Hall–Kier alpha value is -1.61. The highest BCUT2D eigenvalue weighted by molar-refractivity contribution is 5.20. The van der Waals surface area contributed by atoms with Gasteiger partial charge in [-0.1, -0.05) is 57.0 Å². The number of aryl methyl sites for hydroxylation is 1. The molecular weight excluding hydrogens is 246 g/mol. The summed E-state index contributed by atoms with van der Waals surface area (Å²) in [5.41, 5.74) is 2.52. The van der Waals surface area contributed by atoms with E-state index in [2.05, 4.69) is 59.5 Å². The molecule has 108 valence electrons. The molecule has 3 nitrogen and oxygen atoms in total. The Kier molecular flexibility index (Phi) is 5.36. The zero-order valence-corrected chi connectivity index (χ0v) is 12.7. The second-order valence-electron chi connectivity index (χ2n) is 5.34. The zero-order valence-electron chi connectivity index (χ0n) is 12.7. The molecule has 0 saturated heterocycles. The summed E-state index contributed by atoms with van der Waals surface area (Å²) in [7, 11) is 0. The number of imidazole rings is 1. The number of hydrogen-bond donors (Lipinski definition) is 2. The van der Waals surface area contributed by atoms with Gasteiger partial charge in [-0.3, -0.25) is 0 Å². The lowest BCUT2D eigenvalue weighted by Gasteiger charge is -2.27. The fourth-order valence-corrected chi connectivity index (χ4v) is 2.76. The van der Waals surface area contributed by atoms with Gasteiger partial charge in [0.25, 0.3) is 0 Å². The molecule has 1 unspecified atom stereocenters. The Morgan fingerprint density at radius 1 is 1.15 bits per heavy atom. The number of nitrogens with one attached hydrogen (secondary N) is 2. The van der Waals surface area contributed by atoms with Gasteiger partial charge in [0.1, 0.15) is 5.82 Å². The van der Waals surface area contributed by atoms with Crippen molar-refractivity contribution in [3.05, 3.63) is 53.6 Å².